The summed E-state index contributed by atoms with van der Waals surface area (Å²) in [5.74, 6) is -0.0813. The Morgan fingerprint density at radius 2 is 1.84 bits per heavy atom. The first-order valence-corrected chi connectivity index (χ1v) is 14.0. The van der Waals surface area contributed by atoms with E-state index in [1.807, 2.05) is 0 Å². The Hall–Kier alpha value is -2.71. The van der Waals surface area contributed by atoms with Crippen molar-refractivity contribution < 1.29 is 29.7 Å². The minimum absolute atomic E-state index is 0.0746. The fourth-order valence-electron chi connectivity index (χ4n) is 8.12. The van der Waals surface area contributed by atoms with Crippen molar-refractivity contribution in [1.29, 1.82) is 0 Å². The third-order valence-electron chi connectivity index (χ3n) is 10.3. The zero-order valence-electron chi connectivity index (χ0n) is 22.3. The number of hydrogen-bond acceptors (Lipinski definition) is 6. The van der Waals surface area contributed by atoms with Gasteiger partial charge in [0.1, 0.15) is 6.10 Å². The summed E-state index contributed by atoms with van der Waals surface area (Å²) < 4.78 is 0. The fraction of sp³-hybridized carbons (Fsp3) is 0.633. The van der Waals surface area contributed by atoms with Crippen LogP contribution in [0, 0.1) is 28.6 Å². The van der Waals surface area contributed by atoms with Gasteiger partial charge in [0.15, 0.2) is 12.6 Å². The zero-order chi connectivity index (χ0) is 27.1. The molecule has 0 heterocycles. The molecular weight excluding hydrogens is 484 g/mol. The topological polar surface area (TPSA) is 128 Å². The Labute approximate surface area is 224 Å². The van der Waals surface area contributed by atoms with Crippen LogP contribution in [0.3, 0.4) is 0 Å². The second-order valence-electron chi connectivity index (χ2n) is 12.2. The smallest absolute Gasteiger partial charge is 0.329 e. The molecule has 5 rings (SSSR count). The number of carbonyl (C=O) groups is 2. The molecule has 0 radical (unpaired) electrons. The van der Waals surface area contributed by atoms with Crippen LogP contribution < -0.4 is 5.32 Å². The molecule has 4 aliphatic rings. The molecule has 206 valence electrons. The molecule has 1 aromatic rings. The number of hydrogen-bond donors (Lipinski definition) is 4. The summed E-state index contributed by atoms with van der Waals surface area (Å²) >= 11 is 0. The summed E-state index contributed by atoms with van der Waals surface area (Å²) in [6.07, 6.45) is 8.86. The normalized spacial score (nSPS) is 36.7. The van der Waals surface area contributed by atoms with E-state index in [0.717, 1.165) is 57.1 Å². The summed E-state index contributed by atoms with van der Waals surface area (Å²) in [6.45, 7) is 4.28. The second kappa shape index (κ2) is 10.5. The largest absolute Gasteiger partial charge is 0.480 e. The van der Waals surface area contributed by atoms with E-state index in [0.29, 0.717) is 23.3 Å². The Morgan fingerprint density at radius 1 is 1.08 bits per heavy atom. The summed E-state index contributed by atoms with van der Waals surface area (Å²) in [7, 11) is 0. The molecule has 3 fully saturated rings. The summed E-state index contributed by atoms with van der Waals surface area (Å²) in [5.41, 5.74) is 2.83. The molecule has 0 aliphatic heterocycles. The molecule has 3 saturated carbocycles. The molecule has 1 aromatic carbocycles. The lowest BCUT2D eigenvalue weighted by Gasteiger charge is -2.57. The number of aliphatic carboxylic acids is 1. The number of rotatable bonds is 7. The maximum absolute atomic E-state index is 12.4. The maximum atomic E-state index is 12.4. The highest BCUT2D eigenvalue weighted by Crippen LogP contribution is 2.65. The number of carbonyl (C=O) groups excluding carboxylic acids is 1. The van der Waals surface area contributed by atoms with Crippen LogP contribution in [0.2, 0.25) is 0 Å². The highest BCUT2D eigenvalue weighted by Gasteiger charge is 2.58. The highest BCUT2D eigenvalue weighted by atomic mass is 16.6. The first kappa shape index (κ1) is 26.9. The van der Waals surface area contributed by atoms with E-state index in [-0.39, 0.29) is 16.9 Å². The molecule has 0 saturated heterocycles. The van der Waals surface area contributed by atoms with Gasteiger partial charge in [0.25, 0.3) is 5.91 Å². The lowest BCUT2D eigenvalue weighted by atomic mass is 9.47. The number of benzene rings is 1. The minimum Gasteiger partial charge on any atom is -0.480 e. The molecule has 38 heavy (non-hydrogen) atoms. The van der Waals surface area contributed by atoms with Crippen molar-refractivity contribution in [2.24, 2.45) is 33.7 Å². The van der Waals surface area contributed by atoms with Crippen molar-refractivity contribution in [3.63, 3.8) is 0 Å². The number of allylic oxidation sites excluding steroid dienone is 2. The lowest BCUT2D eigenvalue weighted by Crippen LogP contribution is -2.51. The summed E-state index contributed by atoms with van der Waals surface area (Å²) in [6, 6.07) is 6.87. The van der Waals surface area contributed by atoms with Crippen LogP contribution >= 0.6 is 0 Å². The van der Waals surface area contributed by atoms with Crippen LogP contribution in [0.25, 0.3) is 0 Å². The van der Waals surface area contributed by atoms with Crippen LogP contribution in [0.1, 0.15) is 76.9 Å². The van der Waals surface area contributed by atoms with E-state index in [1.54, 1.807) is 30.3 Å². The number of carboxylic acids is 1. The van der Waals surface area contributed by atoms with Crippen molar-refractivity contribution in [1.82, 2.24) is 5.32 Å². The molecule has 0 bridgehead atoms. The third-order valence-corrected chi connectivity index (χ3v) is 10.3. The van der Waals surface area contributed by atoms with Gasteiger partial charge in [-0.05, 0) is 91.6 Å². The van der Waals surface area contributed by atoms with Crippen LogP contribution in [0.15, 0.2) is 47.1 Å². The van der Waals surface area contributed by atoms with E-state index in [4.69, 9.17) is 4.84 Å². The monoisotopic (exact) mass is 524 g/mol. The molecule has 0 aromatic heterocycles. The number of nitrogens with one attached hydrogen (secondary N) is 1. The van der Waals surface area contributed by atoms with Crippen molar-refractivity contribution >= 4 is 17.6 Å². The highest BCUT2D eigenvalue weighted by molar-refractivity contribution is 5.96. The standard InChI is InChI=1S/C30H40N2O6/c1-29-14-12-20(16-19(29)8-9-21-22-10-11-24(33)30(22,2)15-13-23(21)29)32-38-17-25(34)31-26(28(36)37)27(35)18-6-4-3-5-7-18/h3-7,16,21-24,26-27,33,35H,8-15,17H2,1-2H3,(H,31,34)(H,36,37)/b32-20+/t21-,22-,23-,24-,26+,27+,29-,30-/m0/s1. The quantitative estimate of drug-likeness (QED) is 0.400. The first-order valence-electron chi connectivity index (χ1n) is 14.0. The Morgan fingerprint density at radius 3 is 2.58 bits per heavy atom. The van der Waals surface area contributed by atoms with Crippen molar-refractivity contribution in [3.05, 3.63) is 47.5 Å². The van der Waals surface area contributed by atoms with Gasteiger partial charge in [-0.2, -0.15) is 0 Å². The minimum atomic E-state index is -1.49. The van der Waals surface area contributed by atoms with Gasteiger partial charge in [-0.3, -0.25) is 4.79 Å². The fourth-order valence-corrected chi connectivity index (χ4v) is 8.12. The number of oxime groups is 1. The second-order valence-corrected chi connectivity index (χ2v) is 12.2. The SMILES string of the molecule is C[C@]12CC[C@H]3[C@@H](CCC4=C/C(=N/OCC(=O)N[C@@H](C(=O)O)[C@H](O)c5ccccc5)CC[C@@]43C)[C@@H]1CC[C@@H]2O. The van der Waals surface area contributed by atoms with Crippen LogP contribution in [-0.2, 0) is 14.4 Å². The number of amides is 1. The van der Waals surface area contributed by atoms with Crippen molar-refractivity contribution in [2.45, 2.75) is 83.5 Å². The van der Waals surface area contributed by atoms with Gasteiger partial charge < -0.3 is 25.5 Å². The first-order chi connectivity index (χ1) is 18.1. The van der Waals surface area contributed by atoms with Gasteiger partial charge in [-0.15, -0.1) is 0 Å². The van der Waals surface area contributed by atoms with Crippen molar-refractivity contribution in [2.75, 3.05) is 6.61 Å². The predicted molar refractivity (Wildman–Crippen MR) is 142 cm³/mol. The summed E-state index contributed by atoms with van der Waals surface area (Å²) in [5, 5.41) is 37.2. The lowest BCUT2D eigenvalue weighted by molar-refractivity contribution is -0.146. The third kappa shape index (κ3) is 4.77. The molecule has 4 N–H and O–H groups in total. The Bertz CT molecular complexity index is 1120. The summed E-state index contributed by atoms with van der Waals surface area (Å²) in [4.78, 5) is 29.4. The van der Waals surface area contributed by atoms with Gasteiger partial charge in [0, 0.05) is 0 Å². The van der Waals surface area contributed by atoms with Gasteiger partial charge in [0.05, 0.1) is 11.8 Å². The van der Waals surface area contributed by atoms with E-state index < -0.39 is 30.6 Å². The zero-order valence-corrected chi connectivity index (χ0v) is 22.3. The average Bonchev–Trinajstić information content (AvgIpc) is 3.21. The van der Waals surface area contributed by atoms with E-state index in [9.17, 15) is 24.9 Å². The van der Waals surface area contributed by atoms with Gasteiger partial charge in [0.2, 0.25) is 0 Å². The van der Waals surface area contributed by atoms with Gasteiger partial charge >= 0.3 is 5.97 Å². The molecule has 8 heteroatoms. The van der Waals surface area contributed by atoms with Gasteiger partial charge in [-0.25, -0.2) is 4.79 Å². The predicted octanol–water partition coefficient (Wildman–Crippen LogP) is 3.99. The van der Waals surface area contributed by atoms with Crippen LogP contribution in [-0.4, -0.2) is 51.7 Å². The Kier molecular flexibility index (Phi) is 7.40. The van der Waals surface area contributed by atoms with Crippen LogP contribution in [0.5, 0.6) is 0 Å². The number of aliphatic hydroxyl groups is 2. The van der Waals surface area contributed by atoms with Crippen molar-refractivity contribution in [3.8, 4) is 0 Å². The Balaban J connectivity index is 1.19. The number of aliphatic hydroxyl groups excluding tert-OH is 2. The molecule has 8 nitrogen and oxygen atoms in total. The number of carboxylic acid groups (broad SMARTS) is 1. The number of fused-ring (bicyclic) bond motifs is 5. The van der Waals surface area contributed by atoms with E-state index in [2.05, 4.69) is 30.4 Å². The molecule has 8 atom stereocenters. The van der Waals surface area contributed by atoms with Crippen LogP contribution in [0.4, 0.5) is 0 Å². The average molecular weight is 525 g/mol. The maximum Gasteiger partial charge on any atom is 0.329 e. The van der Waals surface area contributed by atoms with Gasteiger partial charge in [-0.1, -0.05) is 54.9 Å². The molecule has 1 amide bonds. The molecular formula is C30H40N2O6. The molecule has 4 aliphatic carbocycles. The number of nitrogens with zero attached hydrogens (tertiary/aromatic N) is 1. The van der Waals surface area contributed by atoms with E-state index in [1.165, 1.54) is 5.57 Å². The molecule has 0 spiro atoms. The molecule has 0 unspecified atom stereocenters. The van der Waals surface area contributed by atoms with E-state index >= 15 is 0 Å².